The summed E-state index contributed by atoms with van der Waals surface area (Å²) < 4.78 is 0. The van der Waals surface area contributed by atoms with Crippen LogP contribution >= 0.6 is 0 Å². The standard InChI is InChI=1S/C16H36N2O/c1-2-3-4-5-6-7-8-9-10-11-12-17-13-14-18-15-16-19/h17-19H,2-16H2,1H3. The Bertz CT molecular complexity index is 138. The first-order chi connectivity index (χ1) is 9.41. The average molecular weight is 272 g/mol. The second-order valence-corrected chi connectivity index (χ2v) is 5.41. The fourth-order valence-corrected chi connectivity index (χ4v) is 2.24. The van der Waals surface area contributed by atoms with E-state index in [-0.39, 0.29) is 6.61 Å². The van der Waals surface area contributed by atoms with Crippen LogP contribution in [0.4, 0.5) is 0 Å². The van der Waals surface area contributed by atoms with E-state index >= 15 is 0 Å². The Balaban J connectivity index is 2.88. The Morgan fingerprint density at radius 3 is 1.58 bits per heavy atom. The minimum atomic E-state index is 0.235. The number of hydrogen-bond donors (Lipinski definition) is 3. The molecule has 0 atom stereocenters. The Morgan fingerprint density at radius 1 is 0.579 bits per heavy atom. The molecule has 3 N–H and O–H groups in total. The topological polar surface area (TPSA) is 44.3 Å². The third kappa shape index (κ3) is 17.9. The third-order valence-corrected chi connectivity index (χ3v) is 3.47. The van der Waals surface area contributed by atoms with Crippen molar-refractivity contribution in [3.05, 3.63) is 0 Å². The van der Waals surface area contributed by atoms with Crippen LogP contribution < -0.4 is 10.6 Å². The first-order valence-electron chi connectivity index (χ1n) is 8.44. The van der Waals surface area contributed by atoms with Crippen LogP contribution in [-0.2, 0) is 0 Å². The molecule has 0 saturated heterocycles. The van der Waals surface area contributed by atoms with Crippen LogP contribution in [0, 0.1) is 0 Å². The fourth-order valence-electron chi connectivity index (χ4n) is 2.24. The molecule has 0 aromatic heterocycles. The van der Waals surface area contributed by atoms with Crippen molar-refractivity contribution in [1.29, 1.82) is 0 Å². The molecule has 0 heterocycles. The highest BCUT2D eigenvalue weighted by Crippen LogP contribution is 2.10. The van der Waals surface area contributed by atoms with E-state index in [0.717, 1.165) is 19.6 Å². The van der Waals surface area contributed by atoms with Crippen LogP contribution in [0.2, 0.25) is 0 Å². The predicted molar refractivity (Wildman–Crippen MR) is 84.7 cm³/mol. The molecular formula is C16H36N2O. The summed E-state index contributed by atoms with van der Waals surface area (Å²) in [5.74, 6) is 0. The van der Waals surface area contributed by atoms with E-state index in [9.17, 15) is 0 Å². The lowest BCUT2D eigenvalue weighted by Gasteiger charge is -2.05. The molecule has 3 nitrogen and oxygen atoms in total. The first kappa shape index (κ1) is 18.9. The molecule has 3 heteroatoms. The molecule has 0 unspecified atom stereocenters. The van der Waals surface area contributed by atoms with Crippen LogP contribution in [0.15, 0.2) is 0 Å². The molecule has 0 fully saturated rings. The van der Waals surface area contributed by atoms with E-state index < -0.39 is 0 Å². The van der Waals surface area contributed by atoms with Crippen molar-refractivity contribution in [2.75, 3.05) is 32.8 Å². The van der Waals surface area contributed by atoms with Gasteiger partial charge >= 0.3 is 0 Å². The van der Waals surface area contributed by atoms with Gasteiger partial charge in [-0.3, -0.25) is 0 Å². The van der Waals surface area contributed by atoms with Gasteiger partial charge in [0.2, 0.25) is 0 Å². The van der Waals surface area contributed by atoms with Gasteiger partial charge in [0, 0.05) is 19.6 Å². The van der Waals surface area contributed by atoms with Crippen molar-refractivity contribution < 1.29 is 5.11 Å². The highest BCUT2D eigenvalue weighted by molar-refractivity contribution is 4.53. The molecular weight excluding hydrogens is 236 g/mol. The van der Waals surface area contributed by atoms with Gasteiger partial charge < -0.3 is 15.7 Å². The van der Waals surface area contributed by atoms with Crippen LogP contribution in [0.1, 0.15) is 71.1 Å². The SMILES string of the molecule is CCCCCCCCCCCCNCCNCCO. The van der Waals surface area contributed by atoms with Crippen LogP contribution in [0.25, 0.3) is 0 Å². The zero-order valence-electron chi connectivity index (χ0n) is 13.1. The van der Waals surface area contributed by atoms with Crippen LogP contribution in [-0.4, -0.2) is 37.9 Å². The minimum Gasteiger partial charge on any atom is -0.395 e. The van der Waals surface area contributed by atoms with E-state index in [4.69, 9.17) is 5.11 Å². The highest BCUT2D eigenvalue weighted by atomic mass is 16.3. The quantitative estimate of drug-likeness (QED) is 0.378. The third-order valence-electron chi connectivity index (χ3n) is 3.47. The largest absolute Gasteiger partial charge is 0.395 e. The van der Waals surface area contributed by atoms with Crippen molar-refractivity contribution in [1.82, 2.24) is 10.6 Å². The Hall–Kier alpha value is -0.120. The maximum Gasteiger partial charge on any atom is 0.0555 e. The predicted octanol–water partition coefficient (Wildman–Crippen LogP) is 3.08. The molecule has 116 valence electrons. The second-order valence-electron chi connectivity index (χ2n) is 5.41. The van der Waals surface area contributed by atoms with Crippen LogP contribution in [0.5, 0.6) is 0 Å². The van der Waals surface area contributed by atoms with E-state index in [1.54, 1.807) is 0 Å². The summed E-state index contributed by atoms with van der Waals surface area (Å²) in [6.07, 6.45) is 14.0. The van der Waals surface area contributed by atoms with E-state index in [2.05, 4.69) is 17.6 Å². The van der Waals surface area contributed by atoms with Gasteiger partial charge in [0.15, 0.2) is 0 Å². The minimum absolute atomic E-state index is 0.235. The van der Waals surface area contributed by atoms with Crippen molar-refractivity contribution in [3.8, 4) is 0 Å². The molecule has 0 bridgehead atoms. The van der Waals surface area contributed by atoms with Gasteiger partial charge in [-0.05, 0) is 13.0 Å². The van der Waals surface area contributed by atoms with Crippen LogP contribution in [0.3, 0.4) is 0 Å². The molecule has 0 aliphatic heterocycles. The van der Waals surface area contributed by atoms with Gasteiger partial charge in [-0.2, -0.15) is 0 Å². The van der Waals surface area contributed by atoms with Crippen molar-refractivity contribution in [3.63, 3.8) is 0 Å². The second kappa shape index (κ2) is 17.9. The Labute approximate surface area is 120 Å². The molecule has 0 radical (unpaired) electrons. The summed E-state index contributed by atoms with van der Waals surface area (Å²) in [5.41, 5.74) is 0. The number of aliphatic hydroxyl groups excluding tert-OH is 1. The first-order valence-corrected chi connectivity index (χ1v) is 8.44. The lowest BCUT2D eigenvalue weighted by atomic mass is 10.1. The van der Waals surface area contributed by atoms with Gasteiger partial charge in [0.1, 0.15) is 0 Å². The zero-order valence-corrected chi connectivity index (χ0v) is 13.1. The maximum atomic E-state index is 8.59. The summed E-state index contributed by atoms with van der Waals surface area (Å²) in [7, 11) is 0. The summed E-state index contributed by atoms with van der Waals surface area (Å²) in [6, 6.07) is 0. The molecule has 0 aromatic carbocycles. The molecule has 0 aliphatic rings. The van der Waals surface area contributed by atoms with Crippen molar-refractivity contribution in [2.45, 2.75) is 71.1 Å². The zero-order chi connectivity index (χ0) is 14.0. The molecule has 19 heavy (non-hydrogen) atoms. The summed E-state index contributed by atoms with van der Waals surface area (Å²) in [6.45, 7) is 6.32. The van der Waals surface area contributed by atoms with E-state index in [0.29, 0.717) is 6.54 Å². The highest BCUT2D eigenvalue weighted by Gasteiger charge is 1.93. The number of unbranched alkanes of at least 4 members (excludes halogenated alkanes) is 9. The average Bonchev–Trinajstić information content (AvgIpc) is 2.43. The lowest BCUT2D eigenvalue weighted by molar-refractivity contribution is 0.292. The normalized spacial score (nSPS) is 11.1. The molecule has 0 amide bonds. The number of hydrogen-bond acceptors (Lipinski definition) is 3. The molecule has 0 spiro atoms. The van der Waals surface area contributed by atoms with Crippen molar-refractivity contribution in [2.24, 2.45) is 0 Å². The molecule has 0 rings (SSSR count). The molecule has 0 aliphatic carbocycles. The fraction of sp³-hybridized carbons (Fsp3) is 1.00. The van der Waals surface area contributed by atoms with Gasteiger partial charge in [-0.25, -0.2) is 0 Å². The van der Waals surface area contributed by atoms with Gasteiger partial charge in [-0.15, -0.1) is 0 Å². The number of rotatable bonds is 16. The Morgan fingerprint density at radius 2 is 1.05 bits per heavy atom. The maximum absolute atomic E-state index is 8.59. The van der Waals surface area contributed by atoms with Gasteiger partial charge in [-0.1, -0.05) is 64.7 Å². The number of nitrogens with one attached hydrogen (secondary N) is 2. The molecule has 0 saturated carbocycles. The summed E-state index contributed by atoms with van der Waals surface area (Å²) in [5, 5.41) is 15.2. The van der Waals surface area contributed by atoms with Crippen molar-refractivity contribution >= 4 is 0 Å². The van der Waals surface area contributed by atoms with Gasteiger partial charge in [0.05, 0.1) is 6.61 Å². The lowest BCUT2D eigenvalue weighted by Crippen LogP contribution is -2.29. The van der Waals surface area contributed by atoms with E-state index in [1.807, 2.05) is 0 Å². The van der Waals surface area contributed by atoms with E-state index in [1.165, 1.54) is 64.2 Å². The monoisotopic (exact) mass is 272 g/mol. The Kier molecular flexibility index (Phi) is 17.8. The smallest absolute Gasteiger partial charge is 0.0555 e. The molecule has 0 aromatic rings. The summed E-state index contributed by atoms with van der Waals surface area (Å²) >= 11 is 0. The van der Waals surface area contributed by atoms with Gasteiger partial charge in [0.25, 0.3) is 0 Å². The number of aliphatic hydroxyl groups is 1. The summed E-state index contributed by atoms with van der Waals surface area (Å²) in [4.78, 5) is 0.